The first-order valence-electron chi connectivity index (χ1n) is 11.1. The minimum Gasteiger partial charge on any atom is -0.422 e. The van der Waals surface area contributed by atoms with Crippen molar-refractivity contribution in [3.05, 3.63) is 136 Å². The normalized spacial score (nSPS) is 11.6. The molecule has 0 aliphatic rings. The lowest BCUT2D eigenvalue weighted by Gasteiger charge is -2.12. The van der Waals surface area contributed by atoms with E-state index < -0.39 is 17.6 Å². The Hall–Kier alpha value is -4.29. The number of nitrogens with zero attached hydrogens (tertiary/aromatic N) is 2. The molecule has 1 heterocycles. The standard InChI is InChI=1S/C29H19ClF2N2O2/c30-22-11-5-19(6-12-22)18-34-26-4-2-1-3-25(26)33-28(34)17-27(20-7-13-23(31)14-8-20)36-29(35)21-9-15-24(32)16-10-21/h1-17H,18H2/b27-17-. The highest BCUT2D eigenvalue weighted by Crippen LogP contribution is 2.25. The molecule has 0 saturated carbocycles. The zero-order valence-electron chi connectivity index (χ0n) is 18.9. The number of esters is 1. The molecule has 0 bridgehead atoms. The topological polar surface area (TPSA) is 44.1 Å². The molecule has 36 heavy (non-hydrogen) atoms. The van der Waals surface area contributed by atoms with Gasteiger partial charge in [0.25, 0.3) is 0 Å². The van der Waals surface area contributed by atoms with Crippen LogP contribution in [0.25, 0.3) is 22.9 Å². The van der Waals surface area contributed by atoms with Crippen molar-refractivity contribution in [2.75, 3.05) is 0 Å². The lowest BCUT2D eigenvalue weighted by molar-refractivity contribution is 0.0693. The average molecular weight is 501 g/mol. The van der Waals surface area contributed by atoms with Gasteiger partial charge in [-0.25, -0.2) is 18.6 Å². The summed E-state index contributed by atoms with van der Waals surface area (Å²) in [4.78, 5) is 17.6. The SMILES string of the molecule is O=C(O/C(=C\c1nc2ccccc2n1Cc1ccc(Cl)cc1)c1ccc(F)cc1)c1ccc(F)cc1. The maximum absolute atomic E-state index is 13.6. The van der Waals surface area contributed by atoms with E-state index in [1.165, 1.54) is 48.5 Å². The van der Waals surface area contributed by atoms with Gasteiger partial charge in [-0.2, -0.15) is 0 Å². The molecule has 0 fully saturated rings. The Bertz CT molecular complexity index is 1560. The van der Waals surface area contributed by atoms with Crippen molar-refractivity contribution in [3.63, 3.8) is 0 Å². The number of carbonyl (C=O) groups excluding carboxylic acids is 1. The van der Waals surface area contributed by atoms with Crippen LogP contribution in [0.15, 0.2) is 97.1 Å². The number of hydrogen-bond acceptors (Lipinski definition) is 3. The van der Waals surface area contributed by atoms with Crippen molar-refractivity contribution in [1.82, 2.24) is 9.55 Å². The van der Waals surface area contributed by atoms with E-state index in [9.17, 15) is 13.6 Å². The van der Waals surface area contributed by atoms with Gasteiger partial charge >= 0.3 is 5.97 Å². The summed E-state index contributed by atoms with van der Waals surface area (Å²) in [6.45, 7) is 0.492. The van der Waals surface area contributed by atoms with Crippen LogP contribution in [0, 0.1) is 11.6 Å². The molecule has 0 aliphatic carbocycles. The molecule has 0 N–H and O–H groups in total. The second-order valence-electron chi connectivity index (χ2n) is 8.08. The van der Waals surface area contributed by atoms with Crippen LogP contribution in [0.2, 0.25) is 5.02 Å². The monoisotopic (exact) mass is 500 g/mol. The minimum atomic E-state index is -0.675. The number of carbonyl (C=O) groups is 1. The summed E-state index contributed by atoms with van der Waals surface area (Å²) in [7, 11) is 0. The summed E-state index contributed by atoms with van der Waals surface area (Å²) in [6, 6.07) is 25.8. The molecule has 0 unspecified atom stereocenters. The van der Waals surface area contributed by atoms with E-state index in [-0.39, 0.29) is 11.3 Å². The van der Waals surface area contributed by atoms with E-state index in [4.69, 9.17) is 21.3 Å². The van der Waals surface area contributed by atoms with Gasteiger partial charge in [-0.3, -0.25) is 0 Å². The number of imidazole rings is 1. The summed E-state index contributed by atoms with van der Waals surface area (Å²) >= 11 is 6.05. The van der Waals surface area contributed by atoms with Crippen LogP contribution in [0.3, 0.4) is 0 Å². The van der Waals surface area contributed by atoms with E-state index in [1.54, 1.807) is 6.08 Å². The van der Waals surface area contributed by atoms with Gasteiger partial charge in [0.1, 0.15) is 23.2 Å². The Morgan fingerprint density at radius 2 is 1.44 bits per heavy atom. The Morgan fingerprint density at radius 1 is 0.833 bits per heavy atom. The first-order chi connectivity index (χ1) is 17.5. The van der Waals surface area contributed by atoms with Crippen LogP contribution in [0.4, 0.5) is 8.78 Å². The maximum atomic E-state index is 13.6. The van der Waals surface area contributed by atoms with E-state index >= 15 is 0 Å². The molecule has 5 aromatic rings. The highest BCUT2D eigenvalue weighted by molar-refractivity contribution is 6.30. The van der Waals surface area contributed by atoms with Gasteiger partial charge in [0, 0.05) is 23.2 Å². The summed E-state index contributed by atoms with van der Waals surface area (Å²) in [5.41, 5.74) is 3.32. The Kier molecular flexibility index (Phi) is 6.60. The number of halogens is 3. The smallest absolute Gasteiger partial charge is 0.343 e. The molecular formula is C29H19ClF2N2O2. The molecule has 0 aliphatic heterocycles. The molecule has 0 radical (unpaired) electrons. The number of fused-ring (bicyclic) bond motifs is 1. The van der Waals surface area contributed by atoms with Crippen molar-refractivity contribution < 1.29 is 18.3 Å². The number of para-hydroxylation sites is 2. The third kappa shape index (κ3) is 5.19. The third-order valence-electron chi connectivity index (χ3n) is 5.61. The quantitative estimate of drug-likeness (QED) is 0.180. The molecule has 4 aromatic carbocycles. The predicted octanol–water partition coefficient (Wildman–Crippen LogP) is 7.37. The van der Waals surface area contributed by atoms with E-state index in [0.717, 1.165) is 16.6 Å². The van der Waals surface area contributed by atoms with Gasteiger partial charge in [-0.15, -0.1) is 0 Å². The van der Waals surface area contributed by atoms with Gasteiger partial charge in [0.2, 0.25) is 0 Å². The molecule has 7 heteroatoms. The number of ether oxygens (including phenoxy) is 1. The first kappa shape index (κ1) is 23.5. The Labute approximate surface area is 211 Å². The lowest BCUT2D eigenvalue weighted by Crippen LogP contribution is -2.07. The van der Waals surface area contributed by atoms with Gasteiger partial charge in [-0.1, -0.05) is 35.9 Å². The van der Waals surface area contributed by atoms with Crippen molar-refractivity contribution in [2.45, 2.75) is 6.54 Å². The van der Waals surface area contributed by atoms with Crippen LogP contribution in [-0.4, -0.2) is 15.5 Å². The summed E-state index contributed by atoms with van der Waals surface area (Å²) in [5, 5.41) is 0.640. The van der Waals surface area contributed by atoms with Crippen LogP contribution in [0.1, 0.15) is 27.3 Å². The molecule has 0 spiro atoms. The highest BCUT2D eigenvalue weighted by atomic mass is 35.5. The third-order valence-corrected chi connectivity index (χ3v) is 5.86. The maximum Gasteiger partial charge on any atom is 0.343 e. The number of rotatable bonds is 6. The van der Waals surface area contributed by atoms with Gasteiger partial charge < -0.3 is 9.30 Å². The van der Waals surface area contributed by atoms with Crippen molar-refractivity contribution in [2.24, 2.45) is 0 Å². The molecule has 178 valence electrons. The van der Waals surface area contributed by atoms with Crippen LogP contribution in [0.5, 0.6) is 0 Å². The zero-order chi connectivity index (χ0) is 25.1. The lowest BCUT2D eigenvalue weighted by atomic mass is 10.1. The number of benzene rings is 4. The molecule has 0 atom stereocenters. The summed E-state index contributed by atoms with van der Waals surface area (Å²) in [5.74, 6) is -0.838. The minimum absolute atomic E-state index is 0.178. The fourth-order valence-corrected chi connectivity index (χ4v) is 3.92. The van der Waals surface area contributed by atoms with E-state index in [1.807, 2.05) is 53.1 Å². The molecule has 5 rings (SSSR count). The molecule has 0 saturated heterocycles. The average Bonchev–Trinajstić information content (AvgIpc) is 3.22. The highest BCUT2D eigenvalue weighted by Gasteiger charge is 2.16. The predicted molar refractivity (Wildman–Crippen MR) is 136 cm³/mol. The fraction of sp³-hybridized carbons (Fsp3) is 0.0345. The van der Waals surface area contributed by atoms with Crippen molar-refractivity contribution >= 4 is 40.4 Å². The zero-order valence-corrected chi connectivity index (χ0v) is 19.6. The Balaban J connectivity index is 1.60. The van der Waals surface area contributed by atoms with Gasteiger partial charge in [-0.05, 0) is 78.4 Å². The molecule has 1 aromatic heterocycles. The number of hydrogen-bond donors (Lipinski definition) is 0. The van der Waals surface area contributed by atoms with E-state index in [0.29, 0.717) is 23.0 Å². The first-order valence-corrected chi connectivity index (χ1v) is 11.5. The van der Waals surface area contributed by atoms with Crippen molar-refractivity contribution in [1.29, 1.82) is 0 Å². The summed E-state index contributed by atoms with van der Waals surface area (Å²) in [6.07, 6.45) is 1.64. The fourth-order valence-electron chi connectivity index (χ4n) is 3.79. The van der Waals surface area contributed by atoms with Crippen molar-refractivity contribution in [3.8, 4) is 0 Å². The molecular weight excluding hydrogens is 482 g/mol. The van der Waals surface area contributed by atoms with Crippen LogP contribution >= 0.6 is 11.6 Å². The van der Waals surface area contributed by atoms with Gasteiger partial charge in [0.05, 0.1) is 16.6 Å². The van der Waals surface area contributed by atoms with Crippen LogP contribution in [-0.2, 0) is 11.3 Å². The molecule has 4 nitrogen and oxygen atoms in total. The second kappa shape index (κ2) is 10.1. The second-order valence-corrected chi connectivity index (χ2v) is 8.52. The summed E-state index contributed by atoms with van der Waals surface area (Å²) < 4.78 is 34.7. The van der Waals surface area contributed by atoms with Gasteiger partial charge in [0.15, 0.2) is 0 Å². The molecule has 0 amide bonds. The number of aromatic nitrogens is 2. The largest absolute Gasteiger partial charge is 0.422 e. The Morgan fingerprint density at radius 3 is 2.11 bits per heavy atom. The van der Waals surface area contributed by atoms with Crippen LogP contribution < -0.4 is 0 Å². The van der Waals surface area contributed by atoms with E-state index in [2.05, 4.69) is 0 Å².